The summed E-state index contributed by atoms with van der Waals surface area (Å²) in [7, 11) is 0. The van der Waals surface area contributed by atoms with Crippen LogP contribution in [0.5, 0.6) is 0 Å². The second kappa shape index (κ2) is 3.43. The molecule has 0 aromatic carbocycles. The molecule has 0 saturated carbocycles. The van der Waals surface area contributed by atoms with E-state index in [1.165, 1.54) is 6.92 Å². The molecule has 11 heavy (non-hydrogen) atoms. The van der Waals surface area contributed by atoms with Crippen molar-refractivity contribution in [3.05, 3.63) is 0 Å². The van der Waals surface area contributed by atoms with Gasteiger partial charge in [-0.15, -0.1) is 6.42 Å². The number of terminal acetylenes is 1. The minimum Gasteiger partial charge on any atom is -0.342 e. The Labute approximate surface area is 68.4 Å². The summed E-state index contributed by atoms with van der Waals surface area (Å²) in [5, 5.41) is 2.69. The third kappa shape index (κ3) is 3.67. The molecule has 0 heterocycles. The maximum atomic E-state index is 10.7. The Bertz CT molecular complexity index is 183. The summed E-state index contributed by atoms with van der Waals surface area (Å²) in [5.74, 6) is 2.46. The van der Waals surface area contributed by atoms with Gasteiger partial charge in [0.2, 0.25) is 5.91 Å². The van der Waals surface area contributed by atoms with Crippen molar-refractivity contribution in [1.82, 2.24) is 5.32 Å². The molecule has 0 radical (unpaired) electrons. The second-order valence-corrected chi connectivity index (χ2v) is 3.67. The van der Waals surface area contributed by atoms with Crippen molar-refractivity contribution in [2.75, 3.05) is 0 Å². The van der Waals surface area contributed by atoms with Gasteiger partial charge in [0.15, 0.2) is 0 Å². The first kappa shape index (κ1) is 10.0. The molecule has 2 heteroatoms. The van der Waals surface area contributed by atoms with Crippen LogP contribution < -0.4 is 5.32 Å². The molecule has 2 nitrogen and oxygen atoms in total. The molecule has 1 atom stereocenters. The molecule has 0 aromatic heterocycles. The van der Waals surface area contributed by atoms with E-state index in [4.69, 9.17) is 6.42 Å². The van der Waals surface area contributed by atoms with Gasteiger partial charge in [-0.2, -0.15) is 0 Å². The standard InChI is InChI=1S/C9H15NO/c1-6-8(9(3,4)5)10-7(2)11/h1,8H,2-5H3,(H,10,11). The lowest BCUT2D eigenvalue weighted by Gasteiger charge is -2.26. The van der Waals surface area contributed by atoms with Crippen molar-refractivity contribution >= 4 is 5.91 Å². The van der Waals surface area contributed by atoms with E-state index in [1.54, 1.807) is 0 Å². The number of hydrogen-bond acceptors (Lipinski definition) is 1. The van der Waals surface area contributed by atoms with Crippen molar-refractivity contribution in [1.29, 1.82) is 0 Å². The average molecular weight is 153 g/mol. The van der Waals surface area contributed by atoms with Gasteiger partial charge in [0.1, 0.15) is 0 Å². The van der Waals surface area contributed by atoms with Gasteiger partial charge in [-0.1, -0.05) is 26.7 Å². The zero-order chi connectivity index (χ0) is 9.07. The molecule has 0 aliphatic carbocycles. The third-order valence-electron chi connectivity index (χ3n) is 1.38. The third-order valence-corrected chi connectivity index (χ3v) is 1.38. The van der Waals surface area contributed by atoms with Gasteiger partial charge in [-0.3, -0.25) is 4.79 Å². The Kier molecular flexibility index (Phi) is 3.13. The van der Waals surface area contributed by atoms with Crippen molar-refractivity contribution in [2.45, 2.75) is 33.7 Å². The van der Waals surface area contributed by atoms with Gasteiger partial charge in [-0.25, -0.2) is 0 Å². The van der Waals surface area contributed by atoms with E-state index >= 15 is 0 Å². The Hall–Kier alpha value is -0.970. The average Bonchev–Trinajstić information content (AvgIpc) is 1.79. The number of rotatable bonds is 1. The summed E-state index contributed by atoms with van der Waals surface area (Å²) in [5.41, 5.74) is -0.0690. The van der Waals surface area contributed by atoms with Crippen LogP contribution in [0.25, 0.3) is 0 Å². The Morgan fingerprint density at radius 3 is 2.09 bits per heavy atom. The van der Waals surface area contributed by atoms with E-state index in [-0.39, 0.29) is 17.4 Å². The van der Waals surface area contributed by atoms with E-state index in [9.17, 15) is 4.79 Å². The molecule has 0 fully saturated rings. The quantitative estimate of drug-likeness (QED) is 0.563. The van der Waals surface area contributed by atoms with Crippen LogP contribution in [0.1, 0.15) is 27.7 Å². The summed E-state index contributed by atoms with van der Waals surface area (Å²) in [6, 6.07) is -0.181. The Morgan fingerprint density at radius 1 is 1.55 bits per heavy atom. The molecular weight excluding hydrogens is 138 g/mol. The van der Waals surface area contributed by atoms with Crippen LogP contribution in [-0.2, 0) is 4.79 Å². The molecular formula is C9H15NO. The highest BCUT2D eigenvalue weighted by Crippen LogP contribution is 2.18. The lowest BCUT2D eigenvalue weighted by Crippen LogP contribution is -2.41. The largest absolute Gasteiger partial charge is 0.342 e. The van der Waals surface area contributed by atoms with Crippen LogP contribution in [0.3, 0.4) is 0 Å². The Balaban J connectivity index is 4.22. The van der Waals surface area contributed by atoms with E-state index in [0.717, 1.165) is 0 Å². The van der Waals surface area contributed by atoms with E-state index in [0.29, 0.717) is 0 Å². The maximum absolute atomic E-state index is 10.7. The summed E-state index contributed by atoms with van der Waals surface area (Å²) in [6.07, 6.45) is 5.24. The number of carbonyl (C=O) groups excluding carboxylic acids is 1. The minimum atomic E-state index is -0.181. The predicted octanol–water partition coefficient (Wildman–Crippen LogP) is 1.17. The van der Waals surface area contributed by atoms with Crippen LogP contribution in [0.2, 0.25) is 0 Å². The molecule has 0 rings (SSSR count). The fourth-order valence-electron chi connectivity index (χ4n) is 0.711. The zero-order valence-electron chi connectivity index (χ0n) is 7.56. The van der Waals surface area contributed by atoms with Crippen molar-refractivity contribution in [3.8, 4) is 12.3 Å². The first-order valence-corrected chi connectivity index (χ1v) is 3.61. The number of carbonyl (C=O) groups is 1. The molecule has 0 saturated heterocycles. The number of amides is 1. The van der Waals surface area contributed by atoms with Crippen LogP contribution >= 0.6 is 0 Å². The van der Waals surface area contributed by atoms with Gasteiger partial charge in [-0.05, 0) is 5.41 Å². The molecule has 1 amide bonds. The van der Waals surface area contributed by atoms with Gasteiger partial charge in [0, 0.05) is 6.92 Å². The summed E-state index contributed by atoms with van der Waals surface area (Å²) < 4.78 is 0. The van der Waals surface area contributed by atoms with Crippen molar-refractivity contribution in [2.24, 2.45) is 5.41 Å². The van der Waals surface area contributed by atoms with Crippen LogP contribution in [0, 0.1) is 17.8 Å². The highest BCUT2D eigenvalue weighted by Gasteiger charge is 2.22. The fraction of sp³-hybridized carbons (Fsp3) is 0.667. The lowest BCUT2D eigenvalue weighted by atomic mass is 9.87. The molecule has 0 aromatic rings. The normalized spacial score (nSPS) is 13.4. The van der Waals surface area contributed by atoms with Crippen LogP contribution in [0.15, 0.2) is 0 Å². The highest BCUT2D eigenvalue weighted by atomic mass is 16.1. The first-order valence-electron chi connectivity index (χ1n) is 3.61. The zero-order valence-corrected chi connectivity index (χ0v) is 7.56. The molecule has 0 aliphatic rings. The SMILES string of the molecule is C#CC(NC(C)=O)C(C)(C)C. The lowest BCUT2D eigenvalue weighted by molar-refractivity contribution is -0.119. The van der Waals surface area contributed by atoms with Crippen LogP contribution in [-0.4, -0.2) is 11.9 Å². The number of hydrogen-bond donors (Lipinski definition) is 1. The minimum absolute atomic E-state index is 0.0690. The van der Waals surface area contributed by atoms with Crippen molar-refractivity contribution in [3.63, 3.8) is 0 Å². The van der Waals surface area contributed by atoms with Crippen molar-refractivity contribution < 1.29 is 4.79 Å². The van der Waals surface area contributed by atoms with Gasteiger partial charge in [0.25, 0.3) is 0 Å². The summed E-state index contributed by atoms with van der Waals surface area (Å²) in [4.78, 5) is 10.7. The molecule has 0 spiro atoms. The number of nitrogens with one attached hydrogen (secondary N) is 1. The highest BCUT2D eigenvalue weighted by molar-refractivity contribution is 5.73. The maximum Gasteiger partial charge on any atom is 0.217 e. The van der Waals surface area contributed by atoms with Crippen LogP contribution in [0.4, 0.5) is 0 Å². The monoisotopic (exact) mass is 153 g/mol. The molecule has 1 N–H and O–H groups in total. The molecule has 0 aliphatic heterocycles. The van der Waals surface area contributed by atoms with E-state index in [2.05, 4.69) is 11.2 Å². The summed E-state index contributed by atoms with van der Waals surface area (Å²) in [6.45, 7) is 7.45. The molecule has 0 bridgehead atoms. The van der Waals surface area contributed by atoms with Gasteiger partial charge < -0.3 is 5.32 Å². The van der Waals surface area contributed by atoms with E-state index in [1.807, 2.05) is 20.8 Å². The predicted molar refractivity (Wildman–Crippen MR) is 45.9 cm³/mol. The van der Waals surface area contributed by atoms with Gasteiger partial charge >= 0.3 is 0 Å². The Morgan fingerprint density at radius 2 is 2.00 bits per heavy atom. The summed E-state index contributed by atoms with van der Waals surface area (Å²) >= 11 is 0. The second-order valence-electron chi connectivity index (χ2n) is 3.67. The van der Waals surface area contributed by atoms with E-state index < -0.39 is 0 Å². The molecule has 62 valence electrons. The topological polar surface area (TPSA) is 29.1 Å². The molecule has 1 unspecified atom stereocenters. The first-order chi connectivity index (χ1) is 4.88. The smallest absolute Gasteiger partial charge is 0.217 e. The fourth-order valence-corrected chi connectivity index (χ4v) is 0.711. The van der Waals surface area contributed by atoms with Gasteiger partial charge in [0.05, 0.1) is 6.04 Å².